The first-order valence-electron chi connectivity index (χ1n) is 6.57. The first-order valence-corrected chi connectivity index (χ1v) is 6.57. The van der Waals surface area contributed by atoms with Crippen molar-refractivity contribution >= 4 is 5.91 Å². The van der Waals surface area contributed by atoms with Crippen molar-refractivity contribution in [3.63, 3.8) is 0 Å². The predicted octanol–water partition coefficient (Wildman–Crippen LogP) is 0.501. The first-order chi connectivity index (χ1) is 9.88. The third-order valence-electron chi connectivity index (χ3n) is 3.16. The summed E-state index contributed by atoms with van der Waals surface area (Å²) in [5, 5.41) is 5.80. The molecule has 0 atom stereocenters. The minimum absolute atomic E-state index is 0.283. The van der Waals surface area contributed by atoms with Crippen molar-refractivity contribution in [1.82, 2.24) is 20.0 Å². The van der Waals surface area contributed by atoms with E-state index in [1.165, 1.54) is 7.05 Å². The SMILES string of the molecule is Cn1cc(C(=O)NCCN2CCOCC2)c(C(F)(F)F)n1. The molecule has 0 aliphatic carbocycles. The highest BCUT2D eigenvalue weighted by Gasteiger charge is 2.38. The van der Waals surface area contributed by atoms with Gasteiger partial charge >= 0.3 is 6.18 Å². The van der Waals surface area contributed by atoms with Crippen molar-refractivity contribution in [2.24, 2.45) is 7.05 Å². The van der Waals surface area contributed by atoms with E-state index in [-0.39, 0.29) is 6.54 Å². The minimum atomic E-state index is -4.64. The Bertz CT molecular complexity index is 495. The van der Waals surface area contributed by atoms with Crippen molar-refractivity contribution in [1.29, 1.82) is 0 Å². The zero-order chi connectivity index (χ0) is 15.5. The molecule has 0 spiro atoms. The van der Waals surface area contributed by atoms with Crippen molar-refractivity contribution in [3.8, 4) is 0 Å². The minimum Gasteiger partial charge on any atom is -0.379 e. The van der Waals surface area contributed by atoms with E-state index in [1.54, 1.807) is 0 Å². The Morgan fingerprint density at radius 3 is 2.71 bits per heavy atom. The van der Waals surface area contributed by atoms with Crippen molar-refractivity contribution in [3.05, 3.63) is 17.5 Å². The fourth-order valence-electron chi connectivity index (χ4n) is 2.11. The van der Waals surface area contributed by atoms with Crippen LogP contribution in [0.2, 0.25) is 0 Å². The summed E-state index contributed by atoms with van der Waals surface area (Å²) in [7, 11) is 1.35. The van der Waals surface area contributed by atoms with E-state index >= 15 is 0 Å². The van der Waals surface area contributed by atoms with Gasteiger partial charge in [0.05, 0.1) is 18.8 Å². The summed E-state index contributed by atoms with van der Waals surface area (Å²) in [6.07, 6.45) is -3.56. The molecule has 0 saturated carbocycles. The summed E-state index contributed by atoms with van der Waals surface area (Å²) in [5.74, 6) is -0.760. The topological polar surface area (TPSA) is 59.4 Å². The lowest BCUT2D eigenvalue weighted by atomic mass is 10.2. The number of aromatic nitrogens is 2. The van der Waals surface area contributed by atoms with Crippen LogP contribution in [0.5, 0.6) is 0 Å². The zero-order valence-corrected chi connectivity index (χ0v) is 11.6. The molecule has 0 bridgehead atoms. The molecular formula is C12H17F3N4O2. The van der Waals surface area contributed by atoms with E-state index in [9.17, 15) is 18.0 Å². The van der Waals surface area contributed by atoms with Crippen LogP contribution in [0.4, 0.5) is 13.2 Å². The number of hydrogen-bond acceptors (Lipinski definition) is 4. The second kappa shape index (κ2) is 6.44. The van der Waals surface area contributed by atoms with Gasteiger partial charge in [-0.2, -0.15) is 18.3 Å². The Labute approximate surface area is 119 Å². The number of rotatable bonds is 4. The van der Waals surface area contributed by atoms with Crippen LogP contribution >= 0.6 is 0 Å². The molecule has 1 aliphatic rings. The molecule has 0 aromatic carbocycles. The number of aryl methyl sites for hydroxylation is 1. The number of carbonyl (C=O) groups excluding carboxylic acids is 1. The van der Waals surface area contributed by atoms with E-state index in [0.29, 0.717) is 19.8 Å². The zero-order valence-electron chi connectivity index (χ0n) is 11.6. The van der Waals surface area contributed by atoms with E-state index in [0.717, 1.165) is 24.0 Å². The highest BCUT2D eigenvalue weighted by atomic mass is 19.4. The quantitative estimate of drug-likeness (QED) is 0.880. The van der Waals surface area contributed by atoms with Gasteiger partial charge in [0, 0.05) is 39.4 Å². The van der Waals surface area contributed by atoms with Gasteiger partial charge in [0.15, 0.2) is 5.69 Å². The molecule has 1 aromatic rings. The Morgan fingerprint density at radius 1 is 1.43 bits per heavy atom. The van der Waals surface area contributed by atoms with Gasteiger partial charge in [0.1, 0.15) is 0 Å². The van der Waals surface area contributed by atoms with Crippen LogP contribution < -0.4 is 5.32 Å². The van der Waals surface area contributed by atoms with Gasteiger partial charge in [0.2, 0.25) is 0 Å². The van der Waals surface area contributed by atoms with E-state index in [1.807, 2.05) is 0 Å². The van der Waals surface area contributed by atoms with Crippen LogP contribution in [0.3, 0.4) is 0 Å². The summed E-state index contributed by atoms with van der Waals surface area (Å²) in [4.78, 5) is 13.9. The highest BCUT2D eigenvalue weighted by molar-refractivity contribution is 5.95. The molecule has 9 heteroatoms. The molecule has 1 fully saturated rings. The highest BCUT2D eigenvalue weighted by Crippen LogP contribution is 2.30. The van der Waals surface area contributed by atoms with Gasteiger partial charge in [-0.15, -0.1) is 0 Å². The van der Waals surface area contributed by atoms with Gasteiger partial charge in [0.25, 0.3) is 5.91 Å². The van der Waals surface area contributed by atoms with Gasteiger partial charge in [-0.05, 0) is 0 Å². The molecule has 1 aliphatic heterocycles. The third kappa shape index (κ3) is 4.18. The van der Waals surface area contributed by atoms with Crippen LogP contribution in [0, 0.1) is 0 Å². The van der Waals surface area contributed by atoms with Crippen LogP contribution in [-0.2, 0) is 18.0 Å². The van der Waals surface area contributed by atoms with Crippen LogP contribution in [0.25, 0.3) is 0 Å². The standard InChI is InChI=1S/C12H17F3N4O2/c1-18-8-9(10(17-18)12(13,14)15)11(20)16-2-3-19-4-6-21-7-5-19/h8H,2-7H2,1H3,(H,16,20). The second-order valence-corrected chi connectivity index (χ2v) is 4.77. The number of amides is 1. The number of hydrogen-bond donors (Lipinski definition) is 1. The monoisotopic (exact) mass is 306 g/mol. The molecule has 1 N–H and O–H groups in total. The van der Waals surface area contributed by atoms with Gasteiger partial charge in [-0.1, -0.05) is 0 Å². The smallest absolute Gasteiger partial charge is 0.379 e. The normalized spacial score (nSPS) is 17.0. The molecule has 1 aromatic heterocycles. The van der Waals surface area contributed by atoms with Crippen LogP contribution in [0.1, 0.15) is 16.1 Å². The maximum Gasteiger partial charge on any atom is 0.435 e. The summed E-state index contributed by atoms with van der Waals surface area (Å²) < 4.78 is 44.4. The first kappa shape index (κ1) is 15.8. The molecule has 1 amide bonds. The molecule has 21 heavy (non-hydrogen) atoms. The maximum absolute atomic E-state index is 12.8. The van der Waals surface area contributed by atoms with Crippen LogP contribution in [-0.4, -0.2) is 60.0 Å². The van der Waals surface area contributed by atoms with E-state index < -0.39 is 23.3 Å². The number of alkyl halides is 3. The van der Waals surface area contributed by atoms with Crippen molar-refractivity contribution < 1.29 is 22.7 Å². The molecule has 118 valence electrons. The van der Waals surface area contributed by atoms with Gasteiger partial charge in [-0.3, -0.25) is 14.4 Å². The van der Waals surface area contributed by atoms with Gasteiger partial charge in [-0.25, -0.2) is 0 Å². The van der Waals surface area contributed by atoms with Crippen molar-refractivity contribution in [2.45, 2.75) is 6.18 Å². The predicted molar refractivity (Wildman–Crippen MR) is 67.8 cm³/mol. The Morgan fingerprint density at radius 2 is 2.10 bits per heavy atom. The van der Waals surface area contributed by atoms with Crippen LogP contribution in [0.15, 0.2) is 6.20 Å². The molecule has 2 heterocycles. The maximum atomic E-state index is 12.8. The number of nitrogens with zero attached hydrogens (tertiary/aromatic N) is 3. The molecule has 0 unspecified atom stereocenters. The van der Waals surface area contributed by atoms with Gasteiger partial charge < -0.3 is 10.1 Å². The molecule has 2 rings (SSSR count). The Hall–Kier alpha value is -1.61. The summed E-state index contributed by atoms with van der Waals surface area (Å²) in [5.41, 5.74) is -1.61. The number of nitrogens with one attached hydrogen (secondary N) is 1. The fraction of sp³-hybridized carbons (Fsp3) is 0.667. The lowest BCUT2D eigenvalue weighted by Crippen LogP contribution is -2.41. The largest absolute Gasteiger partial charge is 0.435 e. The Balaban J connectivity index is 1.91. The third-order valence-corrected chi connectivity index (χ3v) is 3.16. The summed E-state index contributed by atoms with van der Waals surface area (Å²) >= 11 is 0. The molecule has 1 saturated heterocycles. The molecule has 6 nitrogen and oxygen atoms in total. The number of halogens is 3. The lowest BCUT2D eigenvalue weighted by molar-refractivity contribution is -0.141. The summed E-state index contributed by atoms with van der Waals surface area (Å²) in [6.45, 7) is 3.65. The average molecular weight is 306 g/mol. The summed E-state index contributed by atoms with van der Waals surface area (Å²) in [6, 6.07) is 0. The molecule has 0 radical (unpaired) electrons. The number of morpholine rings is 1. The Kier molecular flexibility index (Phi) is 4.84. The van der Waals surface area contributed by atoms with Crippen molar-refractivity contribution in [2.75, 3.05) is 39.4 Å². The fourth-order valence-corrected chi connectivity index (χ4v) is 2.11. The number of carbonyl (C=O) groups is 1. The molecular weight excluding hydrogens is 289 g/mol. The second-order valence-electron chi connectivity index (χ2n) is 4.77. The van der Waals surface area contributed by atoms with E-state index in [2.05, 4.69) is 15.3 Å². The number of ether oxygens (including phenoxy) is 1. The lowest BCUT2D eigenvalue weighted by Gasteiger charge is -2.26. The average Bonchev–Trinajstić information content (AvgIpc) is 2.82. The van der Waals surface area contributed by atoms with E-state index in [4.69, 9.17) is 4.74 Å².